The van der Waals surface area contributed by atoms with Gasteiger partial charge in [-0.15, -0.1) is 0 Å². The quantitative estimate of drug-likeness (QED) is 0.596. The van der Waals surface area contributed by atoms with E-state index >= 15 is 0 Å². The molecule has 1 aromatic rings. The van der Waals surface area contributed by atoms with Gasteiger partial charge in [-0.25, -0.2) is 4.98 Å². The monoisotopic (exact) mass is 370 g/mol. The highest BCUT2D eigenvalue weighted by atomic mass is 79.9. The molecule has 6 heteroatoms. The van der Waals surface area contributed by atoms with Crippen LogP contribution in [0.4, 0.5) is 5.82 Å². The molecule has 1 amide bonds. The molecule has 0 bridgehead atoms. The zero-order valence-corrected chi connectivity index (χ0v) is 15.9. The van der Waals surface area contributed by atoms with Gasteiger partial charge in [0.05, 0.1) is 19.1 Å². The summed E-state index contributed by atoms with van der Waals surface area (Å²) >= 11 is 3.35. The number of aromatic nitrogens is 1. The van der Waals surface area contributed by atoms with Crippen molar-refractivity contribution in [2.45, 2.75) is 51.4 Å². The van der Waals surface area contributed by atoms with Crippen LogP contribution in [0.15, 0.2) is 22.8 Å². The SMILES string of the molecule is CC(C)(C)[Si](C)(C)O[C@@H]1CC(=O)N(c2cccc(Br)n2)C1. The van der Waals surface area contributed by atoms with Crippen LogP contribution in [0, 0.1) is 0 Å². The van der Waals surface area contributed by atoms with Gasteiger partial charge in [-0.2, -0.15) is 0 Å². The summed E-state index contributed by atoms with van der Waals surface area (Å²) in [6, 6.07) is 5.60. The molecule has 2 rings (SSSR count). The van der Waals surface area contributed by atoms with Crippen LogP contribution >= 0.6 is 15.9 Å². The van der Waals surface area contributed by atoms with Crippen molar-refractivity contribution in [1.29, 1.82) is 0 Å². The Morgan fingerprint density at radius 3 is 2.62 bits per heavy atom. The average molecular weight is 371 g/mol. The van der Waals surface area contributed by atoms with Crippen molar-refractivity contribution < 1.29 is 9.22 Å². The lowest BCUT2D eigenvalue weighted by atomic mass is 10.2. The molecule has 1 aliphatic heterocycles. The first kappa shape index (κ1) is 16.6. The van der Waals surface area contributed by atoms with E-state index in [0.29, 0.717) is 18.8 Å². The minimum atomic E-state index is -1.85. The fraction of sp³-hybridized carbons (Fsp3) is 0.600. The molecule has 21 heavy (non-hydrogen) atoms. The summed E-state index contributed by atoms with van der Waals surface area (Å²) in [7, 11) is -1.85. The predicted molar refractivity (Wildman–Crippen MR) is 91.0 cm³/mol. The van der Waals surface area contributed by atoms with Gasteiger partial charge in [-0.05, 0) is 46.2 Å². The van der Waals surface area contributed by atoms with Crippen LogP contribution in [-0.4, -0.2) is 31.9 Å². The zero-order valence-electron chi connectivity index (χ0n) is 13.3. The van der Waals surface area contributed by atoms with Crippen molar-refractivity contribution in [3.8, 4) is 0 Å². The van der Waals surface area contributed by atoms with E-state index in [1.54, 1.807) is 4.90 Å². The molecule has 0 aromatic carbocycles. The third kappa shape index (κ3) is 3.73. The molecule has 1 saturated heterocycles. The molecular weight excluding hydrogens is 348 g/mol. The lowest BCUT2D eigenvalue weighted by Gasteiger charge is -2.38. The highest BCUT2D eigenvalue weighted by Gasteiger charge is 2.42. The number of nitrogens with zero attached hydrogens (tertiary/aromatic N) is 2. The molecule has 116 valence electrons. The fourth-order valence-corrected chi connectivity index (χ4v) is 3.80. The Bertz CT molecular complexity index is 543. The number of carbonyl (C=O) groups is 1. The van der Waals surface area contributed by atoms with Gasteiger partial charge in [0.2, 0.25) is 5.91 Å². The minimum absolute atomic E-state index is 0.0285. The topological polar surface area (TPSA) is 42.4 Å². The van der Waals surface area contributed by atoms with Crippen molar-refractivity contribution in [3.05, 3.63) is 22.8 Å². The lowest BCUT2D eigenvalue weighted by molar-refractivity contribution is -0.117. The average Bonchev–Trinajstić information content (AvgIpc) is 2.68. The number of rotatable bonds is 3. The summed E-state index contributed by atoms with van der Waals surface area (Å²) in [5.41, 5.74) is 0. The number of hydrogen-bond donors (Lipinski definition) is 0. The lowest BCUT2D eigenvalue weighted by Crippen LogP contribution is -2.44. The molecule has 0 unspecified atom stereocenters. The Kier molecular flexibility index (Phi) is 4.61. The summed E-state index contributed by atoms with van der Waals surface area (Å²) in [6.07, 6.45) is 0.417. The summed E-state index contributed by atoms with van der Waals surface area (Å²) in [5.74, 6) is 0.778. The molecule has 2 heterocycles. The second kappa shape index (κ2) is 5.82. The van der Waals surface area contributed by atoms with Crippen LogP contribution in [0.3, 0.4) is 0 Å². The molecular formula is C15H23BrN2O2Si. The number of pyridine rings is 1. The Balaban J connectivity index is 2.10. The van der Waals surface area contributed by atoms with E-state index in [4.69, 9.17) is 4.43 Å². The van der Waals surface area contributed by atoms with Crippen LogP contribution in [0.2, 0.25) is 18.1 Å². The first-order valence-corrected chi connectivity index (χ1v) is 10.9. The van der Waals surface area contributed by atoms with Crippen molar-refractivity contribution in [2.75, 3.05) is 11.4 Å². The van der Waals surface area contributed by atoms with Crippen LogP contribution in [0.1, 0.15) is 27.2 Å². The van der Waals surface area contributed by atoms with Gasteiger partial charge in [-0.1, -0.05) is 26.8 Å². The summed E-state index contributed by atoms with van der Waals surface area (Å²) in [4.78, 5) is 18.3. The van der Waals surface area contributed by atoms with E-state index in [-0.39, 0.29) is 17.0 Å². The molecule has 1 fully saturated rings. The van der Waals surface area contributed by atoms with Gasteiger partial charge in [0, 0.05) is 0 Å². The Morgan fingerprint density at radius 1 is 1.38 bits per heavy atom. The molecule has 1 aromatic heterocycles. The Hall–Kier alpha value is -0.723. The maximum absolute atomic E-state index is 12.2. The van der Waals surface area contributed by atoms with Gasteiger partial charge in [0.1, 0.15) is 10.4 Å². The summed E-state index contributed by atoms with van der Waals surface area (Å²) in [6.45, 7) is 11.7. The summed E-state index contributed by atoms with van der Waals surface area (Å²) in [5, 5.41) is 0.150. The van der Waals surface area contributed by atoms with Crippen LogP contribution in [0.5, 0.6) is 0 Å². The zero-order chi connectivity index (χ0) is 15.8. The first-order valence-electron chi connectivity index (χ1n) is 7.21. The molecule has 0 aliphatic carbocycles. The van der Waals surface area contributed by atoms with Crippen LogP contribution in [0.25, 0.3) is 0 Å². The number of carbonyl (C=O) groups excluding carboxylic acids is 1. The second-order valence-corrected chi connectivity index (χ2v) is 12.6. The molecule has 1 atom stereocenters. The molecule has 0 radical (unpaired) electrons. The van der Waals surface area contributed by atoms with E-state index in [9.17, 15) is 4.79 Å². The van der Waals surface area contributed by atoms with E-state index in [1.165, 1.54) is 0 Å². The predicted octanol–water partition coefficient (Wildman–Crippen LogP) is 3.97. The second-order valence-electron chi connectivity index (χ2n) is 7.03. The van der Waals surface area contributed by atoms with Crippen LogP contribution < -0.4 is 4.90 Å². The van der Waals surface area contributed by atoms with Crippen molar-refractivity contribution in [1.82, 2.24) is 4.98 Å². The van der Waals surface area contributed by atoms with Crippen LogP contribution in [-0.2, 0) is 9.22 Å². The number of amides is 1. The maximum Gasteiger partial charge on any atom is 0.230 e. The van der Waals surface area contributed by atoms with E-state index in [0.717, 1.165) is 4.60 Å². The van der Waals surface area contributed by atoms with E-state index in [1.807, 2.05) is 18.2 Å². The van der Waals surface area contributed by atoms with Gasteiger partial charge < -0.3 is 4.43 Å². The maximum atomic E-state index is 12.2. The third-order valence-corrected chi connectivity index (χ3v) is 9.31. The number of halogens is 1. The Morgan fingerprint density at radius 2 is 2.05 bits per heavy atom. The van der Waals surface area contributed by atoms with Crippen molar-refractivity contribution in [2.24, 2.45) is 0 Å². The van der Waals surface area contributed by atoms with Gasteiger partial charge in [0.25, 0.3) is 0 Å². The smallest absolute Gasteiger partial charge is 0.230 e. The molecule has 0 spiro atoms. The first-order chi connectivity index (χ1) is 9.60. The van der Waals surface area contributed by atoms with Gasteiger partial charge in [0.15, 0.2) is 8.32 Å². The third-order valence-electron chi connectivity index (χ3n) is 4.33. The molecule has 4 nitrogen and oxygen atoms in total. The number of hydrogen-bond acceptors (Lipinski definition) is 3. The van der Waals surface area contributed by atoms with Crippen molar-refractivity contribution >= 4 is 36.0 Å². The highest BCUT2D eigenvalue weighted by molar-refractivity contribution is 9.10. The molecule has 0 saturated carbocycles. The van der Waals surface area contributed by atoms with Gasteiger partial charge in [-0.3, -0.25) is 9.69 Å². The van der Waals surface area contributed by atoms with E-state index in [2.05, 4.69) is 54.8 Å². The van der Waals surface area contributed by atoms with E-state index < -0.39 is 8.32 Å². The highest BCUT2D eigenvalue weighted by Crippen LogP contribution is 2.38. The fourth-order valence-electron chi connectivity index (χ4n) is 2.12. The largest absolute Gasteiger partial charge is 0.412 e. The molecule has 0 N–H and O–H groups in total. The molecule has 1 aliphatic rings. The summed E-state index contributed by atoms with van der Waals surface area (Å²) < 4.78 is 7.09. The van der Waals surface area contributed by atoms with Crippen molar-refractivity contribution in [3.63, 3.8) is 0 Å². The standard InChI is InChI=1S/C15H23BrN2O2Si/c1-15(2,3)21(4,5)20-11-9-14(19)18(10-11)13-8-6-7-12(16)17-13/h6-8,11H,9-10H2,1-5H3/t11-/m1/s1. The number of anilines is 1. The van der Waals surface area contributed by atoms with Gasteiger partial charge >= 0.3 is 0 Å². The minimum Gasteiger partial charge on any atom is -0.412 e. The Labute approximate surface area is 136 Å². The normalized spacial score (nSPS) is 20.2.